The summed E-state index contributed by atoms with van der Waals surface area (Å²) in [5, 5.41) is 12.9. The first-order valence-electron chi connectivity index (χ1n) is 8.68. The number of hydrogen-bond acceptors (Lipinski definition) is 5. The smallest absolute Gasteiger partial charge is 0.341 e. The first-order chi connectivity index (χ1) is 13.4. The number of aliphatic carboxylic acids is 1. The van der Waals surface area contributed by atoms with E-state index in [9.17, 15) is 4.79 Å². The lowest BCUT2D eigenvalue weighted by Crippen LogP contribution is -2.09. The van der Waals surface area contributed by atoms with Gasteiger partial charge in [-0.2, -0.15) is 4.98 Å². The molecule has 0 saturated carbocycles. The van der Waals surface area contributed by atoms with Crippen LogP contribution in [0.5, 0.6) is 5.75 Å². The van der Waals surface area contributed by atoms with E-state index in [-0.39, 0.29) is 5.89 Å². The number of ether oxygens (including phenoxy) is 1. The van der Waals surface area contributed by atoms with Crippen molar-refractivity contribution >= 4 is 28.7 Å². The maximum absolute atomic E-state index is 10.5. The molecule has 1 heterocycles. The van der Waals surface area contributed by atoms with Crippen LogP contribution in [0.15, 0.2) is 53.1 Å². The van der Waals surface area contributed by atoms with Gasteiger partial charge in [0.15, 0.2) is 6.61 Å². The highest BCUT2D eigenvalue weighted by molar-refractivity contribution is 6.50. The topological polar surface area (TPSA) is 85.5 Å². The largest absolute Gasteiger partial charge is 0.482 e. The lowest BCUT2D eigenvalue weighted by Gasteiger charge is -2.04. The molecule has 3 rings (SSSR count). The van der Waals surface area contributed by atoms with Crippen molar-refractivity contribution in [1.29, 1.82) is 0 Å². The van der Waals surface area contributed by atoms with Crippen LogP contribution >= 0.6 is 11.6 Å². The van der Waals surface area contributed by atoms with E-state index in [1.54, 1.807) is 30.3 Å². The molecule has 0 aliphatic heterocycles. The molecule has 0 atom stereocenters. The SMILES string of the molecule is CC(C)c1ccc(-c2noc(/C(Cl)=C/c3ccc(OCC(=O)O)cc3)n2)cc1. The van der Waals surface area contributed by atoms with Crippen molar-refractivity contribution in [3.05, 3.63) is 65.5 Å². The van der Waals surface area contributed by atoms with Crippen LogP contribution in [0, 0.1) is 0 Å². The number of carboxylic acid groups (broad SMARTS) is 1. The van der Waals surface area contributed by atoms with E-state index in [1.165, 1.54) is 5.56 Å². The van der Waals surface area contributed by atoms with Crippen molar-refractivity contribution < 1.29 is 19.2 Å². The average molecular weight is 399 g/mol. The summed E-state index contributed by atoms with van der Waals surface area (Å²) in [6.07, 6.45) is 1.68. The Morgan fingerprint density at radius 3 is 2.46 bits per heavy atom. The number of carboxylic acids is 1. The van der Waals surface area contributed by atoms with E-state index in [0.717, 1.165) is 11.1 Å². The molecule has 28 heavy (non-hydrogen) atoms. The summed E-state index contributed by atoms with van der Waals surface area (Å²) in [5.41, 5.74) is 2.87. The zero-order valence-corrected chi connectivity index (χ0v) is 16.2. The second-order valence-corrected chi connectivity index (χ2v) is 6.85. The van der Waals surface area contributed by atoms with Crippen LogP contribution < -0.4 is 4.74 Å². The van der Waals surface area contributed by atoms with Crippen molar-refractivity contribution in [3.8, 4) is 17.1 Å². The Bertz CT molecular complexity index is 976. The Morgan fingerprint density at radius 2 is 1.86 bits per heavy atom. The third-order valence-corrected chi connectivity index (χ3v) is 4.27. The van der Waals surface area contributed by atoms with Crippen LogP contribution in [0.3, 0.4) is 0 Å². The number of rotatable bonds is 7. The van der Waals surface area contributed by atoms with E-state index in [4.69, 9.17) is 26.0 Å². The Hall–Kier alpha value is -3.12. The minimum Gasteiger partial charge on any atom is -0.482 e. The predicted octanol–water partition coefficient (Wildman–Crippen LogP) is 5.06. The van der Waals surface area contributed by atoms with Crippen molar-refractivity contribution in [1.82, 2.24) is 10.1 Å². The zero-order chi connectivity index (χ0) is 20.1. The van der Waals surface area contributed by atoms with Crippen molar-refractivity contribution in [2.45, 2.75) is 19.8 Å². The Labute approximate surface area is 167 Å². The van der Waals surface area contributed by atoms with Crippen molar-refractivity contribution in [2.75, 3.05) is 6.61 Å². The molecule has 144 valence electrons. The number of hydrogen-bond donors (Lipinski definition) is 1. The molecule has 0 radical (unpaired) electrons. The molecule has 6 nitrogen and oxygen atoms in total. The lowest BCUT2D eigenvalue weighted by molar-refractivity contribution is -0.139. The molecule has 0 saturated heterocycles. The summed E-state index contributed by atoms with van der Waals surface area (Å²) in [6, 6.07) is 14.8. The van der Waals surface area contributed by atoms with Crippen molar-refractivity contribution in [2.24, 2.45) is 0 Å². The van der Waals surface area contributed by atoms with Crippen LogP contribution in [-0.2, 0) is 4.79 Å². The number of aromatic nitrogens is 2. The maximum atomic E-state index is 10.5. The molecule has 0 bridgehead atoms. The highest BCUT2D eigenvalue weighted by atomic mass is 35.5. The van der Waals surface area contributed by atoms with E-state index < -0.39 is 12.6 Å². The molecule has 0 aliphatic rings. The zero-order valence-electron chi connectivity index (χ0n) is 15.4. The molecule has 1 N–H and O–H groups in total. The fourth-order valence-electron chi connectivity index (χ4n) is 2.47. The number of carbonyl (C=O) groups is 1. The monoisotopic (exact) mass is 398 g/mol. The highest BCUT2D eigenvalue weighted by Gasteiger charge is 2.12. The van der Waals surface area contributed by atoms with Gasteiger partial charge in [0.2, 0.25) is 5.82 Å². The fourth-order valence-corrected chi connectivity index (χ4v) is 2.67. The summed E-state index contributed by atoms with van der Waals surface area (Å²) in [7, 11) is 0. The summed E-state index contributed by atoms with van der Waals surface area (Å²) < 4.78 is 10.4. The minimum absolute atomic E-state index is 0.218. The van der Waals surface area contributed by atoms with Crippen LogP contribution in [0.2, 0.25) is 0 Å². The third-order valence-electron chi connectivity index (χ3n) is 4.00. The molecule has 3 aromatic rings. The Morgan fingerprint density at radius 1 is 1.18 bits per heavy atom. The average Bonchev–Trinajstić information content (AvgIpc) is 3.18. The highest BCUT2D eigenvalue weighted by Crippen LogP contribution is 2.25. The molecular formula is C21H19ClN2O4. The normalized spacial score (nSPS) is 11.6. The van der Waals surface area contributed by atoms with Gasteiger partial charge in [0.25, 0.3) is 5.89 Å². The van der Waals surface area contributed by atoms with Gasteiger partial charge in [0.1, 0.15) is 10.8 Å². The second-order valence-electron chi connectivity index (χ2n) is 6.44. The van der Waals surface area contributed by atoms with E-state index >= 15 is 0 Å². The summed E-state index contributed by atoms with van der Waals surface area (Å²) in [6.45, 7) is 3.88. The minimum atomic E-state index is -1.03. The molecule has 0 unspecified atom stereocenters. The predicted molar refractivity (Wildman–Crippen MR) is 107 cm³/mol. The van der Waals surface area contributed by atoms with Gasteiger partial charge in [0.05, 0.1) is 0 Å². The number of benzene rings is 2. The number of halogens is 1. The first-order valence-corrected chi connectivity index (χ1v) is 9.06. The molecule has 7 heteroatoms. The quantitative estimate of drug-likeness (QED) is 0.598. The van der Waals surface area contributed by atoms with Crippen LogP contribution in [-0.4, -0.2) is 27.8 Å². The molecule has 2 aromatic carbocycles. The second kappa shape index (κ2) is 8.71. The fraction of sp³-hybridized carbons (Fsp3) is 0.190. The van der Waals surface area contributed by atoms with Gasteiger partial charge in [-0.1, -0.05) is 67.0 Å². The van der Waals surface area contributed by atoms with Gasteiger partial charge < -0.3 is 14.4 Å². The van der Waals surface area contributed by atoms with E-state index in [0.29, 0.717) is 22.5 Å². The first kappa shape index (κ1) is 19.6. The van der Waals surface area contributed by atoms with E-state index in [1.807, 2.05) is 24.3 Å². The van der Waals surface area contributed by atoms with E-state index in [2.05, 4.69) is 24.0 Å². The van der Waals surface area contributed by atoms with Gasteiger partial charge in [-0.05, 0) is 35.3 Å². The van der Waals surface area contributed by atoms with Crippen molar-refractivity contribution in [3.63, 3.8) is 0 Å². The number of nitrogens with zero attached hydrogens (tertiary/aromatic N) is 2. The maximum Gasteiger partial charge on any atom is 0.341 e. The lowest BCUT2D eigenvalue weighted by atomic mass is 10.0. The van der Waals surface area contributed by atoms with Crippen LogP contribution in [0.4, 0.5) is 0 Å². The van der Waals surface area contributed by atoms with Gasteiger partial charge in [0, 0.05) is 5.56 Å². The van der Waals surface area contributed by atoms with Gasteiger partial charge in [-0.25, -0.2) is 4.79 Å². The summed E-state index contributed by atoms with van der Waals surface area (Å²) >= 11 is 6.31. The molecule has 0 amide bonds. The molecule has 0 aliphatic carbocycles. The van der Waals surface area contributed by atoms with Gasteiger partial charge in [-0.3, -0.25) is 0 Å². The van der Waals surface area contributed by atoms with Gasteiger partial charge in [-0.15, -0.1) is 0 Å². The molecule has 0 spiro atoms. The molecular weight excluding hydrogens is 380 g/mol. The molecule has 1 aromatic heterocycles. The summed E-state index contributed by atoms with van der Waals surface area (Å²) in [4.78, 5) is 14.9. The standard InChI is InChI=1S/C21H19ClN2O4/c1-13(2)15-5-7-16(8-6-15)20-23-21(28-24-20)18(22)11-14-3-9-17(10-4-14)27-12-19(25)26/h3-11,13H,12H2,1-2H3,(H,25,26)/b18-11-. The van der Waals surface area contributed by atoms with Crippen LogP contribution in [0.25, 0.3) is 22.5 Å². The van der Waals surface area contributed by atoms with Gasteiger partial charge >= 0.3 is 5.97 Å². The Kier molecular flexibility index (Phi) is 6.11. The Balaban J connectivity index is 1.72. The third kappa shape index (κ3) is 4.98. The molecule has 0 fully saturated rings. The van der Waals surface area contributed by atoms with Crippen LogP contribution in [0.1, 0.15) is 36.8 Å². The summed E-state index contributed by atoms with van der Waals surface area (Å²) in [5.74, 6) is 0.567.